The van der Waals surface area contributed by atoms with Gasteiger partial charge in [-0.25, -0.2) is 0 Å². The highest BCUT2D eigenvalue weighted by Crippen LogP contribution is 2.49. The predicted molar refractivity (Wildman–Crippen MR) is 130 cm³/mol. The molecule has 33 heavy (non-hydrogen) atoms. The highest BCUT2D eigenvalue weighted by molar-refractivity contribution is 6.17. The molecular weight excluding hydrogens is 408 g/mol. The van der Waals surface area contributed by atoms with Crippen LogP contribution in [0.25, 0.3) is 5.57 Å². The predicted octanol–water partition coefficient (Wildman–Crippen LogP) is 6.65. The summed E-state index contributed by atoms with van der Waals surface area (Å²) < 4.78 is 13.1. The second-order valence-corrected chi connectivity index (χ2v) is 7.83. The zero-order valence-corrected chi connectivity index (χ0v) is 18.4. The first kappa shape index (κ1) is 20.9. The van der Waals surface area contributed by atoms with Crippen molar-refractivity contribution in [3.05, 3.63) is 143 Å². The van der Waals surface area contributed by atoms with Crippen LogP contribution in [0.2, 0.25) is 0 Å². The monoisotopic (exact) mass is 432 g/mol. The normalized spacial score (nSPS) is 17.2. The van der Waals surface area contributed by atoms with Crippen LogP contribution in [0.5, 0.6) is 5.75 Å². The van der Waals surface area contributed by atoms with E-state index in [-0.39, 0.29) is 5.78 Å². The van der Waals surface area contributed by atoms with Crippen LogP contribution >= 0.6 is 0 Å². The number of hydrogen-bond acceptors (Lipinski definition) is 3. The van der Waals surface area contributed by atoms with Crippen molar-refractivity contribution in [3.8, 4) is 5.75 Å². The number of ketones is 1. The van der Waals surface area contributed by atoms with Crippen molar-refractivity contribution in [3.63, 3.8) is 0 Å². The summed E-state index contributed by atoms with van der Waals surface area (Å²) in [5, 5.41) is 0. The first-order valence-electron chi connectivity index (χ1n) is 11.1. The maximum absolute atomic E-state index is 14.2. The third-order valence-electron chi connectivity index (χ3n) is 5.82. The van der Waals surface area contributed by atoms with E-state index in [0.29, 0.717) is 23.5 Å². The molecule has 0 saturated carbocycles. The molecule has 0 fully saturated rings. The van der Waals surface area contributed by atoms with Gasteiger partial charge in [0.2, 0.25) is 0 Å². The summed E-state index contributed by atoms with van der Waals surface area (Å²) in [6.07, 6.45) is 0. The molecule has 0 aromatic heterocycles. The highest BCUT2D eigenvalue weighted by atomic mass is 16.7. The van der Waals surface area contributed by atoms with Gasteiger partial charge in [-0.1, -0.05) is 109 Å². The number of ether oxygens (including phenoxy) is 2. The quantitative estimate of drug-likeness (QED) is 0.320. The van der Waals surface area contributed by atoms with Crippen molar-refractivity contribution in [2.75, 3.05) is 6.61 Å². The van der Waals surface area contributed by atoms with Gasteiger partial charge in [0.05, 0.1) is 5.57 Å². The van der Waals surface area contributed by atoms with Gasteiger partial charge in [0, 0.05) is 28.9 Å². The van der Waals surface area contributed by atoms with Gasteiger partial charge in [0.25, 0.3) is 5.79 Å². The summed E-state index contributed by atoms with van der Waals surface area (Å²) in [7, 11) is 0. The van der Waals surface area contributed by atoms with Crippen LogP contribution in [0.4, 0.5) is 0 Å². The van der Waals surface area contributed by atoms with Crippen LogP contribution < -0.4 is 4.74 Å². The van der Waals surface area contributed by atoms with Crippen LogP contribution in [0, 0.1) is 0 Å². The number of carbonyl (C=O) groups is 1. The number of para-hydroxylation sites is 1. The van der Waals surface area contributed by atoms with Crippen molar-refractivity contribution >= 4 is 11.4 Å². The average molecular weight is 433 g/mol. The van der Waals surface area contributed by atoms with E-state index in [1.807, 2.05) is 122 Å². The lowest BCUT2D eigenvalue weighted by Gasteiger charge is -2.41. The number of rotatable bonds is 6. The Hall–Kier alpha value is -3.95. The molecule has 1 atom stereocenters. The van der Waals surface area contributed by atoms with Crippen molar-refractivity contribution in [2.24, 2.45) is 0 Å². The van der Waals surface area contributed by atoms with Crippen LogP contribution in [-0.4, -0.2) is 12.4 Å². The average Bonchev–Trinajstić information content (AvgIpc) is 2.89. The van der Waals surface area contributed by atoms with Gasteiger partial charge in [0.15, 0.2) is 5.78 Å². The van der Waals surface area contributed by atoms with Crippen LogP contribution in [-0.2, 0) is 10.5 Å². The molecule has 0 bridgehead atoms. The van der Waals surface area contributed by atoms with E-state index < -0.39 is 5.79 Å². The minimum Gasteiger partial charge on any atom is -0.453 e. The summed E-state index contributed by atoms with van der Waals surface area (Å²) in [5.41, 5.74) is 4.47. The summed E-state index contributed by atoms with van der Waals surface area (Å²) in [6, 6.07) is 36.9. The Balaban J connectivity index is 1.91. The van der Waals surface area contributed by atoms with Crippen molar-refractivity contribution in [1.82, 2.24) is 0 Å². The molecule has 0 amide bonds. The molecule has 1 heterocycles. The molecule has 0 N–H and O–H groups in total. The molecule has 1 aliphatic heterocycles. The van der Waals surface area contributed by atoms with E-state index in [1.165, 1.54) is 0 Å². The van der Waals surface area contributed by atoms with E-state index in [9.17, 15) is 4.79 Å². The van der Waals surface area contributed by atoms with Gasteiger partial charge in [0.1, 0.15) is 5.75 Å². The maximum Gasteiger partial charge on any atom is 0.268 e. The number of carbonyl (C=O) groups excluding carboxylic acids is 1. The topological polar surface area (TPSA) is 35.5 Å². The van der Waals surface area contributed by atoms with Crippen LogP contribution in [0.1, 0.15) is 34.0 Å². The second-order valence-electron chi connectivity index (χ2n) is 7.83. The molecule has 0 aliphatic carbocycles. The molecule has 3 nitrogen and oxygen atoms in total. The van der Waals surface area contributed by atoms with Crippen molar-refractivity contribution in [1.29, 1.82) is 0 Å². The minimum atomic E-state index is -1.39. The Kier molecular flexibility index (Phi) is 5.64. The van der Waals surface area contributed by atoms with E-state index in [1.54, 1.807) is 0 Å². The first-order valence-corrected chi connectivity index (χ1v) is 11.1. The lowest BCUT2D eigenvalue weighted by Crippen LogP contribution is -2.44. The summed E-state index contributed by atoms with van der Waals surface area (Å²) >= 11 is 0. The Morgan fingerprint density at radius 2 is 1.33 bits per heavy atom. The van der Waals surface area contributed by atoms with Crippen LogP contribution in [0.15, 0.2) is 121 Å². The SMILES string of the molecule is CCOC1(c2ccccc2)Oc2ccccc2C(c2ccccc2)=C1C(=O)c1ccccc1. The fraction of sp³-hybridized carbons (Fsp3) is 0.100. The van der Waals surface area contributed by atoms with Gasteiger partial charge in [-0.3, -0.25) is 4.79 Å². The van der Waals surface area contributed by atoms with Gasteiger partial charge < -0.3 is 9.47 Å². The molecule has 1 unspecified atom stereocenters. The zero-order valence-electron chi connectivity index (χ0n) is 18.4. The van der Waals surface area contributed by atoms with Crippen molar-refractivity contribution < 1.29 is 14.3 Å². The molecule has 0 radical (unpaired) electrons. The molecule has 3 heteroatoms. The molecule has 5 rings (SSSR count). The minimum absolute atomic E-state index is 0.124. The molecule has 4 aromatic rings. The number of benzene rings is 4. The Morgan fingerprint density at radius 3 is 2.00 bits per heavy atom. The molecule has 1 aliphatic rings. The van der Waals surface area contributed by atoms with Crippen molar-refractivity contribution in [2.45, 2.75) is 12.7 Å². The third-order valence-corrected chi connectivity index (χ3v) is 5.82. The standard InChI is InChI=1S/C30H24O3/c1-2-32-30(24-18-10-5-11-19-24)28(29(31)23-16-8-4-9-17-23)27(22-14-6-3-7-15-22)25-20-12-13-21-26(25)33-30/h3-21H,2H2,1H3. The summed E-state index contributed by atoms with van der Waals surface area (Å²) in [5.74, 6) is -0.831. The Bertz CT molecular complexity index is 1290. The smallest absolute Gasteiger partial charge is 0.268 e. The molecule has 0 spiro atoms. The lowest BCUT2D eigenvalue weighted by atomic mass is 9.80. The van der Waals surface area contributed by atoms with E-state index in [4.69, 9.17) is 9.47 Å². The number of fused-ring (bicyclic) bond motifs is 1. The third kappa shape index (κ3) is 3.67. The molecular formula is C30H24O3. The first-order chi connectivity index (χ1) is 16.2. The largest absolute Gasteiger partial charge is 0.453 e. The second kappa shape index (κ2) is 8.89. The Labute approximate surface area is 193 Å². The number of Topliss-reactive ketones (excluding diaryl/α,β-unsaturated/α-hetero) is 1. The van der Waals surface area contributed by atoms with Gasteiger partial charge in [-0.2, -0.15) is 0 Å². The summed E-state index contributed by atoms with van der Waals surface area (Å²) in [4.78, 5) is 14.2. The zero-order chi connectivity index (χ0) is 22.7. The fourth-order valence-electron chi connectivity index (χ4n) is 4.42. The van der Waals surface area contributed by atoms with Gasteiger partial charge in [-0.15, -0.1) is 0 Å². The van der Waals surface area contributed by atoms with Gasteiger partial charge in [-0.05, 0) is 18.6 Å². The van der Waals surface area contributed by atoms with E-state index in [0.717, 1.165) is 22.3 Å². The van der Waals surface area contributed by atoms with Crippen LogP contribution in [0.3, 0.4) is 0 Å². The lowest BCUT2D eigenvalue weighted by molar-refractivity contribution is -0.158. The molecule has 0 saturated heterocycles. The molecule has 162 valence electrons. The Morgan fingerprint density at radius 1 is 0.758 bits per heavy atom. The molecule has 4 aromatic carbocycles. The van der Waals surface area contributed by atoms with E-state index in [2.05, 4.69) is 0 Å². The maximum atomic E-state index is 14.2. The summed E-state index contributed by atoms with van der Waals surface area (Å²) in [6.45, 7) is 2.28. The number of hydrogen-bond donors (Lipinski definition) is 0. The highest BCUT2D eigenvalue weighted by Gasteiger charge is 2.49. The fourth-order valence-corrected chi connectivity index (χ4v) is 4.42. The van der Waals surface area contributed by atoms with E-state index >= 15 is 0 Å². The van der Waals surface area contributed by atoms with Gasteiger partial charge >= 0.3 is 0 Å².